The Morgan fingerprint density at radius 3 is 2.72 bits per heavy atom. The fourth-order valence-electron chi connectivity index (χ4n) is 4.13. The van der Waals surface area contributed by atoms with Crippen molar-refractivity contribution < 1.29 is 4.52 Å². The zero-order valence-electron chi connectivity index (χ0n) is 17.3. The lowest BCUT2D eigenvalue weighted by atomic mass is 9.99. The zero-order valence-corrected chi connectivity index (χ0v) is 19.6. The van der Waals surface area contributed by atoms with E-state index < -0.39 is 0 Å². The molecule has 0 saturated carbocycles. The highest BCUT2D eigenvalue weighted by Crippen LogP contribution is 2.26. The third kappa shape index (κ3) is 5.42. The Bertz CT molecular complexity index is 802. The second-order valence-corrected chi connectivity index (χ2v) is 7.64. The minimum absolute atomic E-state index is 0. The fraction of sp³-hybridized carbons (Fsp3) is 0.524. The summed E-state index contributed by atoms with van der Waals surface area (Å²) in [6.45, 7) is 6.74. The van der Waals surface area contributed by atoms with Gasteiger partial charge in [-0.05, 0) is 30.0 Å². The molecule has 158 valence electrons. The summed E-state index contributed by atoms with van der Waals surface area (Å²) in [5.74, 6) is 0.982. The van der Waals surface area contributed by atoms with E-state index in [2.05, 4.69) is 55.4 Å². The average Bonchev–Trinajstić information content (AvgIpc) is 3.23. The number of aromatic nitrogens is 1. The molecule has 2 aliphatic rings. The third-order valence-corrected chi connectivity index (χ3v) is 5.71. The number of anilines is 1. The SMILES string of the molecule is CN=C(NCc1ccc2c(c1)CCCN2C)N1CCN(Cc2ccon2)CC1.I. The zero-order chi connectivity index (χ0) is 19.3. The van der Waals surface area contributed by atoms with E-state index in [1.165, 1.54) is 29.7 Å². The Morgan fingerprint density at radius 2 is 2.00 bits per heavy atom. The number of hydrogen-bond donors (Lipinski definition) is 1. The number of aryl methyl sites for hydroxylation is 1. The van der Waals surface area contributed by atoms with Gasteiger partial charge >= 0.3 is 0 Å². The van der Waals surface area contributed by atoms with Crippen molar-refractivity contribution in [2.24, 2.45) is 4.99 Å². The molecular weight excluding hydrogens is 479 g/mol. The van der Waals surface area contributed by atoms with Crippen LogP contribution in [0.15, 0.2) is 40.0 Å². The highest BCUT2D eigenvalue weighted by molar-refractivity contribution is 14.0. The second-order valence-electron chi connectivity index (χ2n) is 7.64. The van der Waals surface area contributed by atoms with Gasteiger partial charge in [0.05, 0.1) is 5.69 Å². The van der Waals surface area contributed by atoms with Gasteiger partial charge in [0.15, 0.2) is 5.96 Å². The lowest BCUT2D eigenvalue weighted by Gasteiger charge is -2.36. The van der Waals surface area contributed by atoms with Crippen molar-refractivity contribution in [2.75, 3.05) is 51.7 Å². The van der Waals surface area contributed by atoms with E-state index in [1.807, 2.05) is 13.1 Å². The summed E-state index contributed by atoms with van der Waals surface area (Å²) in [4.78, 5) is 11.6. The van der Waals surface area contributed by atoms with E-state index in [0.29, 0.717) is 0 Å². The molecule has 0 amide bonds. The van der Waals surface area contributed by atoms with Gasteiger partial charge in [0, 0.05) is 71.7 Å². The van der Waals surface area contributed by atoms with Gasteiger partial charge in [-0.3, -0.25) is 9.89 Å². The number of halogens is 1. The van der Waals surface area contributed by atoms with Crippen molar-refractivity contribution in [3.63, 3.8) is 0 Å². The summed E-state index contributed by atoms with van der Waals surface area (Å²) in [6, 6.07) is 8.78. The number of benzene rings is 1. The highest BCUT2D eigenvalue weighted by Gasteiger charge is 2.20. The van der Waals surface area contributed by atoms with E-state index in [9.17, 15) is 0 Å². The summed E-state index contributed by atoms with van der Waals surface area (Å²) in [5, 5.41) is 7.56. The van der Waals surface area contributed by atoms with Gasteiger partial charge in [0.25, 0.3) is 0 Å². The van der Waals surface area contributed by atoms with Gasteiger partial charge in [-0.15, -0.1) is 24.0 Å². The number of rotatable bonds is 4. The number of piperazine rings is 1. The second kappa shape index (κ2) is 10.3. The van der Waals surface area contributed by atoms with Gasteiger partial charge in [0.2, 0.25) is 0 Å². The van der Waals surface area contributed by atoms with Crippen molar-refractivity contribution in [3.8, 4) is 0 Å². The molecule has 7 nitrogen and oxygen atoms in total. The number of fused-ring (bicyclic) bond motifs is 1. The molecule has 8 heteroatoms. The van der Waals surface area contributed by atoms with Crippen molar-refractivity contribution in [1.82, 2.24) is 20.3 Å². The molecule has 29 heavy (non-hydrogen) atoms. The Kier molecular flexibility index (Phi) is 7.77. The van der Waals surface area contributed by atoms with E-state index >= 15 is 0 Å². The summed E-state index contributed by atoms with van der Waals surface area (Å²) >= 11 is 0. The predicted octanol–water partition coefficient (Wildman–Crippen LogP) is 2.57. The Morgan fingerprint density at radius 1 is 1.17 bits per heavy atom. The van der Waals surface area contributed by atoms with E-state index in [1.54, 1.807) is 6.26 Å². The first-order valence-electron chi connectivity index (χ1n) is 10.1. The molecule has 0 bridgehead atoms. The number of nitrogens with one attached hydrogen (secondary N) is 1. The number of hydrogen-bond acceptors (Lipinski definition) is 5. The molecule has 2 aromatic rings. The maximum atomic E-state index is 4.93. The summed E-state index contributed by atoms with van der Waals surface area (Å²) in [7, 11) is 4.05. The van der Waals surface area contributed by atoms with Crippen LogP contribution < -0.4 is 10.2 Å². The smallest absolute Gasteiger partial charge is 0.194 e. The normalized spacial score (nSPS) is 17.7. The molecule has 0 radical (unpaired) electrons. The Balaban J connectivity index is 0.00000240. The van der Waals surface area contributed by atoms with Crippen LogP contribution in [0.5, 0.6) is 0 Å². The van der Waals surface area contributed by atoms with Crippen molar-refractivity contribution >= 4 is 35.6 Å². The molecule has 0 aliphatic carbocycles. The average molecular weight is 510 g/mol. The van der Waals surface area contributed by atoms with Crippen LogP contribution in [0.1, 0.15) is 23.2 Å². The fourth-order valence-corrected chi connectivity index (χ4v) is 4.13. The summed E-state index contributed by atoms with van der Waals surface area (Å²) in [5.41, 5.74) is 5.15. The molecule has 1 N–H and O–H groups in total. The van der Waals surface area contributed by atoms with E-state index in [-0.39, 0.29) is 24.0 Å². The minimum Gasteiger partial charge on any atom is -0.374 e. The molecule has 1 fully saturated rings. The monoisotopic (exact) mass is 510 g/mol. The maximum absolute atomic E-state index is 4.93. The largest absolute Gasteiger partial charge is 0.374 e. The molecule has 1 aromatic heterocycles. The van der Waals surface area contributed by atoms with Gasteiger partial charge in [0.1, 0.15) is 6.26 Å². The minimum atomic E-state index is 0. The van der Waals surface area contributed by atoms with Crippen LogP contribution in [0.2, 0.25) is 0 Å². The third-order valence-electron chi connectivity index (χ3n) is 5.71. The van der Waals surface area contributed by atoms with Crippen molar-refractivity contribution in [3.05, 3.63) is 47.3 Å². The molecule has 1 saturated heterocycles. The van der Waals surface area contributed by atoms with Crippen LogP contribution in [0.25, 0.3) is 0 Å². The van der Waals surface area contributed by atoms with Crippen LogP contribution in [-0.4, -0.2) is 67.7 Å². The first kappa shape index (κ1) is 21.9. The molecule has 2 aliphatic heterocycles. The first-order chi connectivity index (χ1) is 13.7. The van der Waals surface area contributed by atoms with Crippen molar-refractivity contribution in [1.29, 1.82) is 0 Å². The highest BCUT2D eigenvalue weighted by atomic mass is 127. The molecule has 3 heterocycles. The number of aliphatic imine (C=N–C) groups is 1. The van der Waals surface area contributed by atoms with Crippen LogP contribution in [0.3, 0.4) is 0 Å². The van der Waals surface area contributed by atoms with Gasteiger partial charge in [-0.25, -0.2) is 0 Å². The Hall–Kier alpha value is -1.81. The van der Waals surface area contributed by atoms with Gasteiger partial charge < -0.3 is 19.6 Å². The molecule has 0 unspecified atom stereocenters. The van der Waals surface area contributed by atoms with E-state index in [4.69, 9.17) is 4.52 Å². The molecule has 0 atom stereocenters. The standard InChI is InChI=1S/C21H30N6O.HI/c1-22-21(27-11-9-26(10-12-27)16-19-7-13-28-24-19)23-15-17-5-6-20-18(14-17)4-3-8-25(20)2;/h5-7,13-14H,3-4,8-12,15-16H2,1-2H3,(H,22,23);1H. The van der Waals surface area contributed by atoms with Gasteiger partial charge in [-0.2, -0.15) is 0 Å². The molecule has 0 spiro atoms. The maximum Gasteiger partial charge on any atom is 0.194 e. The quantitative estimate of drug-likeness (QED) is 0.388. The molecule has 1 aromatic carbocycles. The number of guanidine groups is 1. The molecule has 4 rings (SSSR count). The van der Waals surface area contributed by atoms with Crippen LogP contribution in [0, 0.1) is 0 Å². The van der Waals surface area contributed by atoms with Crippen LogP contribution in [0.4, 0.5) is 5.69 Å². The summed E-state index contributed by atoms with van der Waals surface area (Å²) in [6.07, 6.45) is 4.05. The van der Waals surface area contributed by atoms with Gasteiger partial charge in [-0.1, -0.05) is 17.3 Å². The number of nitrogens with zero attached hydrogens (tertiary/aromatic N) is 5. The predicted molar refractivity (Wildman–Crippen MR) is 127 cm³/mol. The van der Waals surface area contributed by atoms with Crippen molar-refractivity contribution in [2.45, 2.75) is 25.9 Å². The van der Waals surface area contributed by atoms with Crippen LogP contribution in [-0.2, 0) is 19.5 Å². The Labute approximate surface area is 190 Å². The first-order valence-corrected chi connectivity index (χ1v) is 10.1. The lowest BCUT2D eigenvalue weighted by Crippen LogP contribution is -2.52. The van der Waals surface area contributed by atoms with E-state index in [0.717, 1.165) is 57.5 Å². The summed E-state index contributed by atoms with van der Waals surface area (Å²) < 4.78 is 4.93. The molecular formula is C21H31IN6O. The lowest BCUT2D eigenvalue weighted by molar-refractivity contribution is 0.169. The topological polar surface area (TPSA) is 60.1 Å². The van der Waals surface area contributed by atoms with Crippen LogP contribution >= 0.6 is 24.0 Å².